The van der Waals surface area contributed by atoms with Crippen LogP contribution < -0.4 is 10.1 Å². The molecule has 2 aliphatic rings. The molecule has 5 rings (SSSR count). The second-order valence-corrected chi connectivity index (χ2v) is 8.64. The molecule has 33 heavy (non-hydrogen) atoms. The minimum absolute atomic E-state index is 0.00615. The molecule has 7 nitrogen and oxygen atoms in total. The molecule has 2 aromatic heterocycles. The highest BCUT2D eigenvalue weighted by Crippen LogP contribution is 2.40. The molecule has 2 aliphatic heterocycles. The summed E-state index contributed by atoms with van der Waals surface area (Å²) in [4.78, 5) is 9.42. The molecule has 0 radical (unpaired) electrons. The number of methoxy groups -OCH3 is 1. The van der Waals surface area contributed by atoms with Crippen LogP contribution in [0.5, 0.6) is 5.75 Å². The quantitative estimate of drug-likeness (QED) is 0.540. The van der Waals surface area contributed by atoms with Gasteiger partial charge in [0.25, 0.3) is 0 Å². The van der Waals surface area contributed by atoms with Gasteiger partial charge in [-0.3, -0.25) is 9.88 Å². The Kier molecular flexibility index (Phi) is 6.57. The highest BCUT2D eigenvalue weighted by molar-refractivity contribution is 7.80. The Hall–Kier alpha value is -2.94. The van der Waals surface area contributed by atoms with Gasteiger partial charge in [0.2, 0.25) is 0 Å². The maximum absolute atomic E-state index is 5.85. The molecule has 0 saturated carbocycles. The first-order valence-electron chi connectivity index (χ1n) is 11.3. The number of aromatic nitrogens is 2. The Bertz CT molecular complexity index is 1080. The van der Waals surface area contributed by atoms with Crippen molar-refractivity contribution < 1.29 is 9.47 Å². The Morgan fingerprint density at radius 1 is 1.06 bits per heavy atom. The van der Waals surface area contributed by atoms with Crippen molar-refractivity contribution in [3.05, 3.63) is 78.4 Å². The first-order chi connectivity index (χ1) is 16.3. The molecule has 2 unspecified atom stereocenters. The van der Waals surface area contributed by atoms with Crippen LogP contribution in [-0.4, -0.2) is 71.0 Å². The first kappa shape index (κ1) is 21.9. The van der Waals surface area contributed by atoms with Gasteiger partial charge < -0.3 is 24.3 Å². The van der Waals surface area contributed by atoms with Crippen LogP contribution in [0.15, 0.2) is 67.0 Å². The van der Waals surface area contributed by atoms with E-state index in [0.29, 0.717) is 0 Å². The molecule has 3 aromatic rings. The van der Waals surface area contributed by atoms with Crippen LogP contribution >= 0.6 is 12.2 Å². The summed E-state index contributed by atoms with van der Waals surface area (Å²) in [5, 5.41) is 4.32. The fourth-order valence-corrected chi connectivity index (χ4v) is 5.06. The minimum atomic E-state index is -0.0493. The lowest BCUT2D eigenvalue weighted by molar-refractivity contribution is 0.0349. The molecule has 2 saturated heterocycles. The number of hydrogen-bond donors (Lipinski definition) is 1. The van der Waals surface area contributed by atoms with Crippen molar-refractivity contribution in [2.24, 2.45) is 0 Å². The summed E-state index contributed by atoms with van der Waals surface area (Å²) in [5.41, 5.74) is 3.13. The highest BCUT2D eigenvalue weighted by Gasteiger charge is 2.41. The average Bonchev–Trinajstić information content (AvgIpc) is 3.48. The van der Waals surface area contributed by atoms with Crippen LogP contribution in [0.4, 0.5) is 0 Å². The Labute approximate surface area is 199 Å². The maximum Gasteiger partial charge on any atom is 0.170 e. The van der Waals surface area contributed by atoms with E-state index in [1.165, 1.54) is 0 Å². The van der Waals surface area contributed by atoms with Crippen molar-refractivity contribution in [3.63, 3.8) is 0 Å². The molecule has 0 aliphatic carbocycles. The van der Waals surface area contributed by atoms with Crippen molar-refractivity contribution in [3.8, 4) is 11.4 Å². The number of ether oxygens (including phenoxy) is 2. The van der Waals surface area contributed by atoms with E-state index in [-0.39, 0.29) is 12.1 Å². The lowest BCUT2D eigenvalue weighted by Gasteiger charge is -2.32. The summed E-state index contributed by atoms with van der Waals surface area (Å²) in [5.74, 6) is 0.831. The highest BCUT2D eigenvalue weighted by atomic mass is 32.1. The van der Waals surface area contributed by atoms with E-state index in [1.807, 2.05) is 36.5 Å². The summed E-state index contributed by atoms with van der Waals surface area (Å²) >= 11 is 5.85. The number of hydrogen-bond acceptors (Lipinski definition) is 5. The zero-order chi connectivity index (χ0) is 22.6. The zero-order valence-electron chi connectivity index (χ0n) is 18.8. The summed E-state index contributed by atoms with van der Waals surface area (Å²) in [7, 11) is 1.71. The summed E-state index contributed by atoms with van der Waals surface area (Å²) in [6.45, 7) is 5.27. The Morgan fingerprint density at radius 3 is 2.67 bits per heavy atom. The third kappa shape index (κ3) is 4.46. The van der Waals surface area contributed by atoms with Crippen molar-refractivity contribution in [1.29, 1.82) is 0 Å². The topological polar surface area (TPSA) is 54.8 Å². The summed E-state index contributed by atoms with van der Waals surface area (Å²) in [6, 6.07) is 18.3. The molecular weight excluding hydrogens is 434 g/mol. The van der Waals surface area contributed by atoms with Crippen LogP contribution in [0.25, 0.3) is 5.69 Å². The van der Waals surface area contributed by atoms with Crippen LogP contribution in [0.3, 0.4) is 0 Å². The van der Waals surface area contributed by atoms with Gasteiger partial charge in [-0.15, -0.1) is 0 Å². The summed E-state index contributed by atoms with van der Waals surface area (Å²) < 4.78 is 13.4. The van der Waals surface area contributed by atoms with Gasteiger partial charge in [0, 0.05) is 44.3 Å². The molecule has 0 bridgehead atoms. The lowest BCUT2D eigenvalue weighted by Crippen LogP contribution is -2.42. The van der Waals surface area contributed by atoms with E-state index < -0.39 is 0 Å². The fraction of sp³-hybridized carbons (Fsp3) is 0.360. The van der Waals surface area contributed by atoms with E-state index in [1.54, 1.807) is 7.11 Å². The maximum atomic E-state index is 5.85. The Morgan fingerprint density at radius 2 is 1.88 bits per heavy atom. The molecule has 0 amide bonds. The van der Waals surface area contributed by atoms with Crippen LogP contribution in [0.2, 0.25) is 0 Å². The average molecular weight is 464 g/mol. The van der Waals surface area contributed by atoms with Gasteiger partial charge in [-0.25, -0.2) is 0 Å². The Balaban J connectivity index is 1.52. The van der Waals surface area contributed by atoms with Crippen LogP contribution in [0, 0.1) is 0 Å². The number of nitrogens with zero attached hydrogens (tertiary/aromatic N) is 4. The minimum Gasteiger partial charge on any atom is -0.495 e. The molecule has 1 aromatic carbocycles. The van der Waals surface area contributed by atoms with E-state index in [0.717, 1.165) is 67.3 Å². The number of morpholine rings is 1. The number of thiocarbonyl (C=S) groups is 1. The van der Waals surface area contributed by atoms with Gasteiger partial charge in [0.05, 0.1) is 43.8 Å². The van der Waals surface area contributed by atoms with Gasteiger partial charge in [0.1, 0.15) is 5.75 Å². The standard InChI is InChI=1S/C25H29N5O2S/c1-31-22-10-3-2-8-20(22)29-12-6-9-21(29)24-23(19-7-4-5-11-26-19)27-25(33)30(24)14-13-28-15-17-32-18-16-28/h2-12,23-24H,13-18H2,1H3,(H,27,33). The molecule has 0 spiro atoms. The van der Waals surface area contributed by atoms with Gasteiger partial charge in [0.15, 0.2) is 5.11 Å². The molecule has 172 valence electrons. The van der Waals surface area contributed by atoms with E-state index in [2.05, 4.69) is 55.1 Å². The summed E-state index contributed by atoms with van der Waals surface area (Å²) in [6.07, 6.45) is 3.93. The monoisotopic (exact) mass is 463 g/mol. The van der Waals surface area contributed by atoms with E-state index in [4.69, 9.17) is 21.7 Å². The number of para-hydroxylation sites is 2. The molecular formula is C25H29N5O2S. The molecule has 2 fully saturated rings. The van der Waals surface area contributed by atoms with Crippen LogP contribution in [0.1, 0.15) is 23.5 Å². The van der Waals surface area contributed by atoms with E-state index in [9.17, 15) is 0 Å². The number of pyridine rings is 1. The molecule has 4 heterocycles. The normalized spacial score (nSPS) is 21.2. The van der Waals surface area contributed by atoms with Crippen LogP contribution in [-0.2, 0) is 4.74 Å². The third-order valence-corrected chi connectivity index (χ3v) is 6.74. The molecule has 2 atom stereocenters. The predicted octanol–water partition coefficient (Wildman–Crippen LogP) is 3.19. The smallest absolute Gasteiger partial charge is 0.170 e. The lowest BCUT2D eigenvalue weighted by atomic mass is 10.0. The van der Waals surface area contributed by atoms with Gasteiger partial charge in [-0.1, -0.05) is 18.2 Å². The van der Waals surface area contributed by atoms with Crippen molar-refractivity contribution in [1.82, 2.24) is 24.7 Å². The van der Waals surface area contributed by atoms with Crippen molar-refractivity contribution in [2.75, 3.05) is 46.5 Å². The molecule has 8 heteroatoms. The number of benzene rings is 1. The zero-order valence-corrected chi connectivity index (χ0v) is 19.6. The fourth-order valence-electron chi connectivity index (χ4n) is 4.73. The number of rotatable bonds is 7. The van der Waals surface area contributed by atoms with Crippen molar-refractivity contribution >= 4 is 17.3 Å². The van der Waals surface area contributed by atoms with Crippen molar-refractivity contribution in [2.45, 2.75) is 12.1 Å². The third-order valence-electron chi connectivity index (χ3n) is 6.39. The first-order valence-corrected chi connectivity index (χ1v) is 11.8. The van der Waals surface area contributed by atoms with Gasteiger partial charge in [-0.2, -0.15) is 0 Å². The predicted molar refractivity (Wildman–Crippen MR) is 132 cm³/mol. The SMILES string of the molecule is COc1ccccc1-n1cccc1C1C(c2ccccn2)NC(=S)N1CCN1CCOCC1. The van der Waals surface area contributed by atoms with Gasteiger partial charge >= 0.3 is 0 Å². The second kappa shape index (κ2) is 9.91. The van der Waals surface area contributed by atoms with E-state index >= 15 is 0 Å². The molecule has 1 N–H and O–H groups in total. The van der Waals surface area contributed by atoms with Gasteiger partial charge in [-0.05, 0) is 48.6 Å². The number of nitrogens with one attached hydrogen (secondary N) is 1. The largest absolute Gasteiger partial charge is 0.495 e. The second-order valence-electron chi connectivity index (χ2n) is 8.25.